The SMILES string of the molecule is N=C(NC(=O)c1c(F)cncc1Br)c1ccncc1. The van der Waals surface area contributed by atoms with Crippen LogP contribution in [0, 0.1) is 11.2 Å². The summed E-state index contributed by atoms with van der Waals surface area (Å²) in [6, 6.07) is 3.14. The molecule has 0 bridgehead atoms. The fourth-order valence-corrected chi connectivity index (χ4v) is 1.88. The maximum Gasteiger partial charge on any atom is 0.261 e. The third kappa shape index (κ3) is 3.00. The minimum atomic E-state index is -0.755. The van der Waals surface area contributed by atoms with E-state index < -0.39 is 11.7 Å². The number of carbonyl (C=O) groups is 1. The van der Waals surface area contributed by atoms with Crippen LogP contribution in [0.4, 0.5) is 4.39 Å². The van der Waals surface area contributed by atoms with Crippen molar-refractivity contribution in [3.8, 4) is 0 Å². The molecule has 0 atom stereocenters. The van der Waals surface area contributed by atoms with Gasteiger partial charge in [0.25, 0.3) is 5.91 Å². The number of nitrogens with zero attached hydrogens (tertiary/aromatic N) is 2. The van der Waals surface area contributed by atoms with E-state index >= 15 is 0 Å². The summed E-state index contributed by atoms with van der Waals surface area (Å²) in [6.45, 7) is 0. The van der Waals surface area contributed by atoms with Crippen molar-refractivity contribution in [2.24, 2.45) is 0 Å². The lowest BCUT2D eigenvalue weighted by molar-refractivity contribution is 0.0972. The van der Waals surface area contributed by atoms with E-state index in [-0.39, 0.29) is 15.9 Å². The Morgan fingerprint density at radius 3 is 2.58 bits per heavy atom. The van der Waals surface area contributed by atoms with E-state index in [1.807, 2.05) is 0 Å². The number of aromatic nitrogens is 2. The van der Waals surface area contributed by atoms with Gasteiger partial charge in [-0.05, 0) is 28.1 Å². The molecule has 0 aliphatic rings. The van der Waals surface area contributed by atoms with Gasteiger partial charge in [0.05, 0.1) is 16.2 Å². The molecule has 2 aromatic heterocycles. The standard InChI is InChI=1S/C12H8BrFN4O/c13-8-5-17-6-9(14)10(8)12(19)18-11(15)7-1-3-16-4-2-7/h1-6H,(H2,15,18,19). The predicted octanol–water partition coefficient (Wildman–Crippen LogP) is 2.13. The van der Waals surface area contributed by atoms with Gasteiger partial charge in [-0.3, -0.25) is 20.2 Å². The average Bonchev–Trinajstić information content (AvgIpc) is 2.39. The molecule has 2 N–H and O–H groups in total. The van der Waals surface area contributed by atoms with Crippen LogP contribution >= 0.6 is 15.9 Å². The first-order chi connectivity index (χ1) is 9.09. The van der Waals surface area contributed by atoms with Crippen molar-refractivity contribution in [1.29, 1.82) is 5.41 Å². The maximum atomic E-state index is 13.5. The van der Waals surface area contributed by atoms with Crippen molar-refractivity contribution in [3.05, 3.63) is 58.3 Å². The van der Waals surface area contributed by atoms with Crippen LogP contribution in [0.15, 0.2) is 41.4 Å². The molecule has 0 aliphatic carbocycles. The summed E-state index contributed by atoms with van der Waals surface area (Å²) in [5, 5.41) is 10.1. The summed E-state index contributed by atoms with van der Waals surface area (Å²) < 4.78 is 13.7. The van der Waals surface area contributed by atoms with Crippen molar-refractivity contribution < 1.29 is 9.18 Å². The van der Waals surface area contributed by atoms with Gasteiger partial charge in [0.15, 0.2) is 5.82 Å². The van der Waals surface area contributed by atoms with Crippen molar-refractivity contribution in [1.82, 2.24) is 15.3 Å². The van der Waals surface area contributed by atoms with E-state index in [2.05, 4.69) is 31.2 Å². The Bertz CT molecular complexity index is 613. The molecule has 7 heteroatoms. The van der Waals surface area contributed by atoms with Crippen LogP contribution in [0.3, 0.4) is 0 Å². The average molecular weight is 323 g/mol. The minimum Gasteiger partial charge on any atom is -0.306 e. The van der Waals surface area contributed by atoms with Crippen molar-refractivity contribution in [3.63, 3.8) is 0 Å². The van der Waals surface area contributed by atoms with Gasteiger partial charge in [-0.15, -0.1) is 0 Å². The van der Waals surface area contributed by atoms with E-state index in [9.17, 15) is 9.18 Å². The molecule has 0 spiro atoms. The van der Waals surface area contributed by atoms with Gasteiger partial charge in [0.1, 0.15) is 5.84 Å². The number of hydrogen-bond donors (Lipinski definition) is 2. The number of amidine groups is 1. The highest BCUT2D eigenvalue weighted by atomic mass is 79.9. The second-order valence-corrected chi connectivity index (χ2v) is 4.40. The predicted molar refractivity (Wildman–Crippen MR) is 70.4 cm³/mol. The fraction of sp³-hybridized carbons (Fsp3) is 0. The van der Waals surface area contributed by atoms with Crippen LogP contribution in [0.2, 0.25) is 0 Å². The molecule has 2 heterocycles. The first-order valence-electron chi connectivity index (χ1n) is 5.19. The van der Waals surface area contributed by atoms with Crippen LogP contribution in [0.5, 0.6) is 0 Å². The summed E-state index contributed by atoms with van der Waals surface area (Å²) in [6.07, 6.45) is 5.25. The second-order valence-electron chi connectivity index (χ2n) is 3.54. The third-order valence-corrected chi connectivity index (χ3v) is 2.89. The Morgan fingerprint density at radius 1 is 1.26 bits per heavy atom. The largest absolute Gasteiger partial charge is 0.306 e. The summed E-state index contributed by atoms with van der Waals surface area (Å²) >= 11 is 3.05. The molecule has 0 radical (unpaired) electrons. The van der Waals surface area contributed by atoms with Gasteiger partial charge < -0.3 is 5.32 Å². The van der Waals surface area contributed by atoms with Crippen LogP contribution in [0.25, 0.3) is 0 Å². The topological polar surface area (TPSA) is 78.7 Å². The minimum absolute atomic E-state index is 0.129. The van der Waals surface area contributed by atoms with E-state index in [1.165, 1.54) is 18.6 Å². The lowest BCUT2D eigenvalue weighted by Gasteiger charge is -2.08. The number of pyridine rings is 2. The molecule has 0 aromatic carbocycles. The molecule has 0 saturated heterocycles. The Morgan fingerprint density at radius 2 is 1.95 bits per heavy atom. The monoisotopic (exact) mass is 322 g/mol. The zero-order chi connectivity index (χ0) is 13.8. The van der Waals surface area contributed by atoms with Gasteiger partial charge in [-0.2, -0.15) is 0 Å². The lowest BCUT2D eigenvalue weighted by Crippen LogP contribution is -2.31. The summed E-state index contributed by atoms with van der Waals surface area (Å²) in [5.41, 5.74) is 0.294. The fourth-order valence-electron chi connectivity index (χ4n) is 1.40. The smallest absolute Gasteiger partial charge is 0.261 e. The molecule has 19 heavy (non-hydrogen) atoms. The molecule has 0 aliphatic heterocycles. The highest BCUT2D eigenvalue weighted by Gasteiger charge is 2.17. The number of nitrogens with one attached hydrogen (secondary N) is 2. The maximum absolute atomic E-state index is 13.5. The molecule has 0 saturated carbocycles. The van der Waals surface area contributed by atoms with Gasteiger partial charge in [0, 0.05) is 24.2 Å². The Kier molecular flexibility index (Phi) is 3.96. The van der Waals surface area contributed by atoms with Crippen LogP contribution in [-0.4, -0.2) is 21.7 Å². The molecular formula is C12H8BrFN4O. The number of rotatable bonds is 2. The molecular weight excluding hydrogens is 315 g/mol. The van der Waals surface area contributed by atoms with Crippen LogP contribution in [-0.2, 0) is 0 Å². The van der Waals surface area contributed by atoms with Gasteiger partial charge in [-0.1, -0.05) is 0 Å². The first kappa shape index (κ1) is 13.3. The zero-order valence-corrected chi connectivity index (χ0v) is 11.1. The number of halogens is 2. The van der Waals surface area contributed by atoms with E-state index in [0.717, 1.165) is 6.20 Å². The van der Waals surface area contributed by atoms with Gasteiger partial charge in [0.2, 0.25) is 0 Å². The van der Waals surface area contributed by atoms with Crippen LogP contribution < -0.4 is 5.32 Å². The number of hydrogen-bond acceptors (Lipinski definition) is 4. The van der Waals surface area contributed by atoms with Gasteiger partial charge >= 0.3 is 0 Å². The van der Waals surface area contributed by atoms with Gasteiger partial charge in [-0.25, -0.2) is 4.39 Å². The highest BCUT2D eigenvalue weighted by Crippen LogP contribution is 2.17. The van der Waals surface area contributed by atoms with E-state index in [4.69, 9.17) is 5.41 Å². The number of carbonyl (C=O) groups excluding carboxylic acids is 1. The quantitative estimate of drug-likeness (QED) is 0.656. The zero-order valence-electron chi connectivity index (χ0n) is 9.52. The first-order valence-corrected chi connectivity index (χ1v) is 5.98. The summed E-state index contributed by atoms with van der Waals surface area (Å²) in [4.78, 5) is 19.3. The van der Waals surface area contributed by atoms with Crippen molar-refractivity contribution >= 4 is 27.7 Å². The van der Waals surface area contributed by atoms with Crippen molar-refractivity contribution in [2.45, 2.75) is 0 Å². The van der Waals surface area contributed by atoms with Crippen molar-refractivity contribution in [2.75, 3.05) is 0 Å². The molecule has 2 aromatic rings. The summed E-state index contributed by atoms with van der Waals surface area (Å²) in [5.74, 6) is -1.60. The molecule has 0 fully saturated rings. The Balaban J connectivity index is 2.21. The Labute approximate surface area is 116 Å². The molecule has 0 unspecified atom stereocenters. The molecule has 5 nitrogen and oxygen atoms in total. The molecule has 2 rings (SSSR count). The molecule has 96 valence electrons. The van der Waals surface area contributed by atoms with Crippen LogP contribution in [0.1, 0.15) is 15.9 Å². The normalized spacial score (nSPS) is 10.0. The number of amides is 1. The van der Waals surface area contributed by atoms with E-state index in [1.54, 1.807) is 12.1 Å². The van der Waals surface area contributed by atoms with E-state index in [0.29, 0.717) is 5.56 Å². The lowest BCUT2D eigenvalue weighted by atomic mass is 10.2. The third-order valence-electron chi connectivity index (χ3n) is 2.29. The summed E-state index contributed by atoms with van der Waals surface area (Å²) in [7, 11) is 0. The molecule has 1 amide bonds. The highest BCUT2D eigenvalue weighted by molar-refractivity contribution is 9.10. The second kappa shape index (κ2) is 5.66. The Hall–Kier alpha value is -2.15.